The van der Waals surface area contributed by atoms with Gasteiger partial charge in [0, 0.05) is 6.04 Å². The fourth-order valence-electron chi connectivity index (χ4n) is 1.89. The van der Waals surface area contributed by atoms with Crippen LogP contribution in [0.25, 0.3) is 0 Å². The monoisotopic (exact) mass is 213 g/mol. The highest BCUT2D eigenvalue weighted by Gasteiger charge is 2.31. The predicted molar refractivity (Wildman–Crippen MR) is 60.7 cm³/mol. The van der Waals surface area contributed by atoms with Gasteiger partial charge in [0.05, 0.1) is 5.92 Å². The fraction of sp³-hybridized carbons (Fsp3) is 0.917. The molecule has 15 heavy (non-hydrogen) atoms. The standard InChI is InChI=1S/C12H23NO2/c1-9-8-10(6-7-13(9)5)11(14)15-12(2,3)4/h9-10H,6-8H2,1-5H3/t9-,10-/m0/s1. The van der Waals surface area contributed by atoms with E-state index < -0.39 is 0 Å². The second-order valence-electron chi connectivity index (χ2n) is 5.58. The molecule has 0 bridgehead atoms. The SMILES string of the molecule is C[C@H]1C[C@@H](C(=O)OC(C)(C)C)CCN1C. The molecule has 0 aromatic carbocycles. The zero-order valence-corrected chi connectivity index (χ0v) is 10.5. The lowest BCUT2D eigenvalue weighted by Gasteiger charge is -2.35. The average molecular weight is 213 g/mol. The molecule has 88 valence electrons. The maximum Gasteiger partial charge on any atom is 0.309 e. The van der Waals surface area contributed by atoms with E-state index in [0.29, 0.717) is 6.04 Å². The van der Waals surface area contributed by atoms with Gasteiger partial charge in [0.1, 0.15) is 5.60 Å². The summed E-state index contributed by atoms with van der Waals surface area (Å²) in [4.78, 5) is 14.1. The van der Waals surface area contributed by atoms with Crippen molar-refractivity contribution in [1.29, 1.82) is 0 Å². The van der Waals surface area contributed by atoms with E-state index in [1.54, 1.807) is 0 Å². The molecule has 1 aliphatic rings. The summed E-state index contributed by atoms with van der Waals surface area (Å²) in [6.45, 7) is 8.91. The molecule has 0 aromatic rings. The Kier molecular flexibility index (Phi) is 3.77. The summed E-state index contributed by atoms with van der Waals surface area (Å²) in [6, 6.07) is 0.483. The van der Waals surface area contributed by atoms with Crippen LogP contribution in [0.5, 0.6) is 0 Å². The maximum atomic E-state index is 11.8. The van der Waals surface area contributed by atoms with E-state index in [0.717, 1.165) is 19.4 Å². The third-order valence-corrected chi connectivity index (χ3v) is 2.95. The van der Waals surface area contributed by atoms with Gasteiger partial charge in [0.2, 0.25) is 0 Å². The molecule has 1 saturated heterocycles. The van der Waals surface area contributed by atoms with Gasteiger partial charge in [0.25, 0.3) is 0 Å². The van der Waals surface area contributed by atoms with Gasteiger partial charge in [-0.25, -0.2) is 0 Å². The average Bonchev–Trinajstić information content (AvgIpc) is 2.06. The van der Waals surface area contributed by atoms with Crippen molar-refractivity contribution >= 4 is 5.97 Å². The molecule has 1 heterocycles. The summed E-state index contributed by atoms with van der Waals surface area (Å²) in [7, 11) is 2.11. The van der Waals surface area contributed by atoms with E-state index in [1.165, 1.54) is 0 Å². The van der Waals surface area contributed by atoms with Crippen molar-refractivity contribution in [3.8, 4) is 0 Å². The van der Waals surface area contributed by atoms with E-state index in [2.05, 4.69) is 18.9 Å². The van der Waals surface area contributed by atoms with Crippen LogP contribution in [-0.2, 0) is 9.53 Å². The lowest BCUT2D eigenvalue weighted by atomic mass is 9.92. The van der Waals surface area contributed by atoms with Crippen LogP contribution in [0.1, 0.15) is 40.5 Å². The highest BCUT2D eigenvalue weighted by atomic mass is 16.6. The van der Waals surface area contributed by atoms with Crippen LogP contribution in [0, 0.1) is 5.92 Å². The van der Waals surface area contributed by atoms with E-state index in [-0.39, 0.29) is 17.5 Å². The molecule has 1 aliphatic heterocycles. The lowest BCUT2D eigenvalue weighted by Crippen LogP contribution is -2.41. The molecule has 0 spiro atoms. The number of esters is 1. The van der Waals surface area contributed by atoms with Crippen molar-refractivity contribution in [2.45, 2.75) is 52.2 Å². The summed E-state index contributed by atoms with van der Waals surface area (Å²) in [6.07, 6.45) is 1.85. The smallest absolute Gasteiger partial charge is 0.309 e. The third kappa shape index (κ3) is 3.82. The molecule has 0 radical (unpaired) electrons. The number of ether oxygens (including phenoxy) is 1. The minimum atomic E-state index is -0.357. The van der Waals surface area contributed by atoms with Crippen LogP contribution in [0.4, 0.5) is 0 Å². The van der Waals surface area contributed by atoms with Crippen LogP contribution < -0.4 is 0 Å². The van der Waals surface area contributed by atoms with Gasteiger partial charge in [-0.1, -0.05) is 0 Å². The number of rotatable bonds is 1. The Morgan fingerprint density at radius 2 is 2.00 bits per heavy atom. The molecule has 0 aromatic heterocycles. The molecular weight excluding hydrogens is 190 g/mol. The zero-order valence-electron chi connectivity index (χ0n) is 10.5. The third-order valence-electron chi connectivity index (χ3n) is 2.95. The summed E-state index contributed by atoms with van der Waals surface area (Å²) in [5.74, 6) is 0.0675. The first kappa shape index (κ1) is 12.5. The lowest BCUT2D eigenvalue weighted by molar-refractivity contribution is -0.162. The number of hydrogen-bond donors (Lipinski definition) is 0. The van der Waals surface area contributed by atoms with Gasteiger partial charge in [-0.2, -0.15) is 0 Å². The van der Waals surface area contributed by atoms with E-state index in [4.69, 9.17) is 4.74 Å². The highest BCUT2D eigenvalue weighted by Crippen LogP contribution is 2.24. The largest absolute Gasteiger partial charge is 0.460 e. The summed E-state index contributed by atoms with van der Waals surface area (Å²) >= 11 is 0. The summed E-state index contributed by atoms with van der Waals surface area (Å²) < 4.78 is 5.40. The summed E-state index contributed by atoms with van der Waals surface area (Å²) in [5.41, 5.74) is -0.357. The minimum absolute atomic E-state index is 0.0255. The predicted octanol–water partition coefficient (Wildman–Crippen LogP) is 2.06. The van der Waals surface area contributed by atoms with Gasteiger partial charge in [-0.05, 0) is 54.1 Å². The minimum Gasteiger partial charge on any atom is -0.460 e. The number of likely N-dealkylation sites (tertiary alicyclic amines) is 1. The van der Waals surface area contributed by atoms with Crippen molar-refractivity contribution in [1.82, 2.24) is 4.90 Å². The topological polar surface area (TPSA) is 29.5 Å². The first-order valence-corrected chi connectivity index (χ1v) is 5.72. The molecule has 1 fully saturated rings. The van der Waals surface area contributed by atoms with E-state index in [1.807, 2.05) is 20.8 Å². The van der Waals surface area contributed by atoms with Gasteiger partial charge in [0.15, 0.2) is 0 Å². The van der Waals surface area contributed by atoms with Gasteiger partial charge in [-0.15, -0.1) is 0 Å². The van der Waals surface area contributed by atoms with Crippen molar-refractivity contribution in [2.24, 2.45) is 5.92 Å². The molecule has 0 amide bonds. The van der Waals surface area contributed by atoms with Crippen molar-refractivity contribution < 1.29 is 9.53 Å². The zero-order chi connectivity index (χ0) is 11.6. The van der Waals surface area contributed by atoms with Gasteiger partial charge < -0.3 is 9.64 Å². The molecule has 3 heteroatoms. The van der Waals surface area contributed by atoms with Crippen LogP contribution in [0.15, 0.2) is 0 Å². The normalized spacial score (nSPS) is 28.9. The molecular formula is C12H23NO2. The van der Waals surface area contributed by atoms with Crippen LogP contribution in [-0.4, -0.2) is 36.1 Å². The van der Waals surface area contributed by atoms with Gasteiger partial charge >= 0.3 is 5.97 Å². The van der Waals surface area contributed by atoms with Crippen molar-refractivity contribution in [3.05, 3.63) is 0 Å². The highest BCUT2D eigenvalue weighted by molar-refractivity contribution is 5.73. The number of carbonyl (C=O) groups is 1. The van der Waals surface area contributed by atoms with E-state index >= 15 is 0 Å². The molecule has 2 atom stereocenters. The Labute approximate surface area is 92.8 Å². The van der Waals surface area contributed by atoms with Crippen molar-refractivity contribution in [2.75, 3.05) is 13.6 Å². The second-order valence-corrected chi connectivity index (χ2v) is 5.58. The number of piperidine rings is 1. The Balaban J connectivity index is 2.48. The molecule has 0 N–H and O–H groups in total. The fourth-order valence-corrected chi connectivity index (χ4v) is 1.89. The molecule has 1 rings (SSSR count). The quantitative estimate of drug-likeness (QED) is 0.624. The maximum absolute atomic E-state index is 11.8. The van der Waals surface area contributed by atoms with E-state index in [9.17, 15) is 4.79 Å². The molecule has 0 saturated carbocycles. The molecule has 3 nitrogen and oxygen atoms in total. The Bertz CT molecular complexity index is 232. The molecule has 0 aliphatic carbocycles. The first-order chi connectivity index (χ1) is 6.79. The van der Waals surface area contributed by atoms with Crippen molar-refractivity contribution in [3.63, 3.8) is 0 Å². The second kappa shape index (κ2) is 4.52. The summed E-state index contributed by atoms with van der Waals surface area (Å²) in [5, 5.41) is 0. The first-order valence-electron chi connectivity index (χ1n) is 5.72. The number of carbonyl (C=O) groups excluding carboxylic acids is 1. The molecule has 0 unspecified atom stereocenters. The number of hydrogen-bond acceptors (Lipinski definition) is 3. The Morgan fingerprint density at radius 3 is 2.47 bits per heavy atom. The van der Waals surface area contributed by atoms with Gasteiger partial charge in [-0.3, -0.25) is 4.79 Å². The Hall–Kier alpha value is -0.570. The van der Waals surface area contributed by atoms with Crippen LogP contribution in [0.3, 0.4) is 0 Å². The van der Waals surface area contributed by atoms with Crippen LogP contribution in [0.2, 0.25) is 0 Å². The Morgan fingerprint density at radius 1 is 1.40 bits per heavy atom. The van der Waals surface area contributed by atoms with Crippen LogP contribution >= 0.6 is 0 Å². The number of nitrogens with zero attached hydrogens (tertiary/aromatic N) is 1.